The SMILES string of the molecule is C#CCc1ccc(Br)c(Oc2ccccn2)c1. The van der Waals surface area contributed by atoms with E-state index in [0.717, 1.165) is 15.8 Å². The van der Waals surface area contributed by atoms with Crippen LogP contribution in [0.25, 0.3) is 0 Å². The first-order valence-electron chi connectivity index (χ1n) is 5.10. The lowest BCUT2D eigenvalue weighted by Crippen LogP contribution is -1.90. The molecular formula is C14H10BrNO. The summed E-state index contributed by atoms with van der Waals surface area (Å²) in [6.07, 6.45) is 7.56. The highest BCUT2D eigenvalue weighted by Gasteiger charge is 2.04. The van der Waals surface area contributed by atoms with Crippen molar-refractivity contribution in [3.63, 3.8) is 0 Å². The van der Waals surface area contributed by atoms with Crippen LogP contribution in [0, 0.1) is 12.3 Å². The largest absolute Gasteiger partial charge is 0.438 e. The van der Waals surface area contributed by atoms with E-state index in [4.69, 9.17) is 11.2 Å². The van der Waals surface area contributed by atoms with Crippen molar-refractivity contribution in [2.75, 3.05) is 0 Å². The molecule has 1 heterocycles. The number of terminal acetylenes is 1. The molecule has 0 bridgehead atoms. The van der Waals surface area contributed by atoms with Crippen molar-refractivity contribution in [3.05, 3.63) is 52.6 Å². The van der Waals surface area contributed by atoms with Crippen molar-refractivity contribution in [1.29, 1.82) is 0 Å². The number of halogens is 1. The molecule has 1 aromatic carbocycles. The van der Waals surface area contributed by atoms with E-state index >= 15 is 0 Å². The molecule has 2 rings (SSSR count). The van der Waals surface area contributed by atoms with Gasteiger partial charge in [-0.05, 0) is 39.7 Å². The Morgan fingerprint density at radius 2 is 2.18 bits per heavy atom. The molecule has 0 atom stereocenters. The molecule has 0 radical (unpaired) electrons. The third kappa shape index (κ3) is 3.08. The van der Waals surface area contributed by atoms with Crippen LogP contribution in [0.4, 0.5) is 0 Å². The van der Waals surface area contributed by atoms with Gasteiger partial charge in [0.2, 0.25) is 5.88 Å². The maximum Gasteiger partial charge on any atom is 0.219 e. The molecule has 0 fully saturated rings. The van der Waals surface area contributed by atoms with E-state index in [2.05, 4.69) is 26.8 Å². The second-order valence-electron chi connectivity index (χ2n) is 3.42. The minimum atomic E-state index is 0.561. The third-order valence-electron chi connectivity index (χ3n) is 2.15. The predicted octanol–water partition coefficient (Wildman–Crippen LogP) is 3.81. The first kappa shape index (κ1) is 11.7. The van der Waals surface area contributed by atoms with Crippen molar-refractivity contribution in [2.45, 2.75) is 6.42 Å². The highest BCUT2D eigenvalue weighted by Crippen LogP contribution is 2.29. The van der Waals surface area contributed by atoms with E-state index in [-0.39, 0.29) is 0 Å². The van der Waals surface area contributed by atoms with Crippen LogP contribution in [-0.2, 0) is 6.42 Å². The number of rotatable bonds is 3. The molecule has 0 saturated carbocycles. The van der Waals surface area contributed by atoms with Crippen molar-refractivity contribution in [3.8, 4) is 24.0 Å². The standard InChI is InChI=1S/C14H10BrNO/c1-2-5-11-7-8-12(15)13(10-11)17-14-6-3-4-9-16-14/h1,3-4,6-10H,5H2. The molecule has 3 heteroatoms. The Labute approximate surface area is 109 Å². The number of ether oxygens (including phenoxy) is 1. The van der Waals surface area contributed by atoms with Crippen molar-refractivity contribution < 1.29 is 4.74 Å². The van der Waals surface area contributed by atoms with Crippen molar-refractivity contribution >= 4 is 15.9 Å². The number of pyridine rings is 1. The highest BCUT2D eigenvalue weighted by atomic mass is 79.9. The Hall–Kier alpha value is -1.79. The lowest BCUT2D eigenvalue weighted by atomic mass is 10.1. The lowest BCUT2D eigenvalue weighted by Gasteiger charge is -2.07. The smallest absolute Gasteiger partial charge is 0.219 e. The molecule has 17 heavy (non-hydrogen) atoms. The van der Waals surface area contributed by atoms with E-state index < -0.39 is 0 Å². The van der Waals surface area contributed by atoms with E-state index in [0.29, 0.717) is 12.3 Å². The first-order valence-corrected chi connectivity index (χ1v) is 5.89. The fourth-order valence-electron chi connectivity index (χ4n) is 1.37. The Kier molecular flexibility index (Phi) is 3.79. The molecule has 0 unspecified atom stereocenters. The summed E-state index contributed by atoms with van der Waals surface area (Å²) in [5, 5.41) is 0. The van der Waals surface area contributed by atoms with Gasteiger partial charge in [0.1, 0.15) is 5.75 Å². The molecule has 0 saturated heterocycles. The van der Waals surface area contributed by atoms with Crippen molar-refractivity contribution in [2.24, 2.45) is 0 Å². The van der Waals surface area contributed by atoms with E-state index in [1.807, 2.05) is 30.3 Å². The van der Waals surface area contributed by atoms with Gasteiger partial charge >= 0.3 is 0 Å². The van der Waals surface area contributed by atoms with Gasteiger partial charge in [-0.2, -0.15) is 0 Å². The zero-order valence-electron chi connectivity index (χ0n) is 9.06. The van der Waals surface area contributed by atoms with Crippen molar-refractivity contribution in [1.82, 2.24) is 4.98 Å². The first-order chi connectivity index (χ1) is 8.29. The van der Waals surface area contributed by atoms with Crippen LogP contribution >= 0.6 is 15.9 Å². The average molecular weight is 288 g/mol. The summed E-state index contributed by atoms with van der Waals surface area (Å²) in [5.41, 5.74) is 1.04. The van der Waals surface area contributed by atoms with E-state index in [1.54, 1.807) is 12.3 Å². The molecule has 0 aliphatic carbocycles. The molecule has 0 spiro atoms. The fourth-order valence-corrected chi connectivity index (χ4v) is 1.70. The van der Waals surface area contributed by atoms with E-state index in [9.17, 15) is 0 Å². The van der Waals surface area contributed by atoms with Crippen LogP contribution in [-0.4, -0.2) is 4.98 Å². The highest BCUT2D eigenvalue weighted by molar-refractivity contribution is 9.10. The second-order valence-corrected chi connectivity index (χ2v) is 4.27. The average Bonchev–Trinajstić information content (AvgIpc) is 2.35. The van der Waals surface area contributed by atoms with Crippen LogP contribution < -0.4 is 4.74 Å². The fraction of sp³-hybridized carbons (Fsp3) is 0.0714. The number of nitrogens with zero attached hydrogens (tertiary/aromatic N) is 1. The second kappa shape index (κ2) is 5.51. The summed E-state index contributed by atoms with van der Waals surface area (Å²) in [5.74, 6) is 3.89. The molecule has 0 aliphatic rings. The van der Waals surface area contributed by atoms with Gasteiger partial charge in [-0.15, -0.1) is 12.3 Å². The maximum absolute atomic E-state index is 5.67. The quantitative estimate of drug-likeness (QED) is 0.801. The number of aromatic nitrogens is 1. The summed E-state index contributed by atoms with van der Waals surface area (Å²) in [6, 6.07) is 11.3. The molecule has 2 aromatic rings. The number of hydrogen-bond acceptors (Lipinski definition) is 2. The normalized spacial score (nSPS) is 9.65. The summed E-state index contributed by atoms with van der Waals surface area (Å²) in [7, 11) is 0. The molecule has 84 valence electrons. The monoisotopic (exact) mass is 287 g/mol. The van der Waals surface area contributed by atoms with Gasteiger partial charge in [0.15, 0.2) is 0 Å². The van der Waals surface area contributed by atoms with Gasteiger partial charge in [-0.25, -0.2) is 4.98 Å². The Bertz CT molecular complexity index is 546. The molecule has 0 amide bonds. The minimum Gasteiger partial charge on any atom is -0.438 e. The van der Waals surface area contributed by atoms with Gasteiger partial charge in [-0.1, -0.05) is 12.1 Å². The van der Waals surface area contributed by atoms with Gasteiger partial charge in [-0.3, -0.25) is 0 Å². The predicted molar refractivity (Wildman–Crippen MR) is 71.0 cm³/mol. The lowest BCUT2D eigenvalue weighted by molar-refractivity contribution is 0.459. The zero-order valence-corrected chi connectivity index (χ0v) is 10.6. The maximum atomic E-state index is 5.67. The molecule has 0 N–H and O–H groups in total. The molecular weight excluding hydrogens is 278 g/mol. The van der Waals surface area contributed by atoms with E-state index in [1.165, 1.54) is 0 Å². The molecule has 2 nitrogen and oxygen atoms in total. The van der Waals surface area contributed by atoms with Gasteiger partial charge in [0.05, 0.1) is 4.47 Å². The minimum absolute atomic E-state index is 0.561. The topological polar surface area (TPSA) is 22.1 Å². The summed E-state index contributed by atoms with van der Waals surface area (Å²) in [6.45, 7) is 0. The summed E-state index contributed by atoms with van der Waals surface area (Å²) >= 11 is 3.43. The summed E-state index contributed by atoms with van der Waals surface area (Å²) in [4.78, 5) is 4.11. The third-order valence-corrected chi connectivity index (χ3v) is 2.81. The number of hydrogen-bond donors (Lipinski definition) is 0. The zero-order chi connectivity index (χ0) is 12.1. The molecule has 1 aromatic heterocycles. The van der Waals surface area contributed by atoms with Crippen LogP contribution in [0.5, 0.6) is 11.6 Å². The van der Waals surface area contributed by atoms with Crippen LogP contribution in [0.15, 0.2) is 47.1 Å². The number of benzene rings is 1. The summed E-state index contributed by atoms with van der Waals surface area (Å²) < 4.78 is 6.55. The Balaban J connectivity index is 2.26. The Morgan fingerprint density at radius 3 is 2.88 bits per heavy atom. The Morgan fingerprint density at radius 1 is 1.29 bits per heavy atom. The van der Waals surface area contributed by atoms with Gasteiger partial charge < -0.3 is 4.74 Å². The van der Waals surface area contributed by atoms with Gasteiger partial charge in [0, 0.05) is 18.7 Å². The molecule has 0 aliphatic heterocycles. The van der Waals surface area contributed by atoms with Crippen LogP contribution in [0.2, 0.25) is 0 Å². The van der Waals surface area contributed by atoms with Gasteiger partial charge in [0.25, 0.3) is 0 Å². The van der Waals surface area contributed by atoms with Crippen LogP contribution in [0.3, 0.4) is 0 Å². The van der Waals surface area contributed by atoms with Crippen LogP contribution in [0.1, 0.15) is 5.56 Å².